The van der Waals surface area contributed by atoms with Gasteiger partial charge in [0.1, 0.15) is 0 Å². The summed E-state index contributed by atoms with van der Waals surface area (Å²) in [6.45, 7) is 0. The van der Waals surface area contributed by atoms with Gasteiger partial charge in [0, 0.05) is 50.7 Å². The maximum absolute atomic E-state index is 13.6. The van der Waals surface area contributed by atoms with Crippen LogP contribution in [0.2, 0.25) is 0 Å². The first-order chi connectivity index (χ1) is 14.5. The summed E-state index contributed by atoms with van der Waals surface area (Å²) in [5.74, 6) is 0.0931. The molecule has 0 saturated carbocycles. The van der Waals surface area contributed by atoms with Crippen molar-refractivity contribution in [2.24, 2.45) is 0 Å². The molecule has 2 heterocycles. The van der Waals surface area contributed by atoms with Crippen molar-refractivity contribution < 1.29 is 4.79 Å². The van der Waals surface area contributed by atoms with Gasteiger partial charge in [-0.3, -0.25) is 4.79 Å². The van der Waals surface area contributed by atoms with Gasteiger partial charge in [0.2, 0.25) is 5.78 Å². The van der Waals surface area contributed by atoms with E-state index in [-0.39, 0.29) is 5.78 Å². The zero-order chi connectivity index (χ0) is 21.3. The second-order valence-corrected chi connectivity index (χ2v) is 9.38. The predicted molar refractivity (Wildman–Crippen MR) is 132 cm³/mol. The van der Waals surface area contributed by atoms with Crippen LogP contribution in [0.4, 0.5) is 11.4 Å². The third kappa shape index (κ3) is 3.91. The van der Waals surface area contributed by atoms with Gasteiger partial charge in [-0.25, -0.2) is 0 Å². The Balaban J connectivity index is 1.74. The molecule has 0 N–H and O–H groups in total. The van der Waals surface area contributed by atoms with Crippen LogP contribution >= 0.6 is 22.7 Å². The van der Waals surface area contributed by atoms with E-state index in [0.29, 0.717) is 0 Å². The fraction of sp³-hybridized carbons (Fsp3) is 0.160. The number of hydrogen-bond acceptors (Lipinski definition) is 5. The van der Waals surface area contributed by atoms with E-state index in [1.165, 1.54) is 22.7 Å². The van der Waals surface area contributed by atoms with Crippen molar-refractivity contribution in [3.05, 3.63) is 81.2 Å². The standard InChI is InChI=1S/C25H24N2OS2/c1-26(2)19-9-5-7-17(15-19)21-11-13-29-24(21)23(28)25-22(12-14-30-25)18-8-6-10-20(16-18)27(3)4/h5-16H,1-4H3. The number of ketones is 1. The quantitative estimate of drug-likeness (QED) is 0.325. The molecule has 2 aromatic carbocycles. The number of hydrogen-bond donors (Lipinski definition) is 0. The minimum Gasteiger partial charge on any atom is -0.378 e. The predicted octanol–water partition coefficient (Wildman–Crippen LogP) is 6.51. The number of nitrogens with zero attached hydrogens (tertiary/aromatic N) is 2. The molecule has 4 rings (SSSR count). The summed E-state index contributed by atoms with van der Waals surface area (Å²) in [4.78, 5) is 19.3. The summed E-state index contributed by atoms with van der Waals surface area (Å²) in [6, 6.07) is 20.7. The van der Waals surface area contributed by atoms with Crippen molar-refractivity contribution in [3.63, 3.8) is 0 Å². The summed E-state index contributed by atoms with van der Waals surface area (Å²) in [6.07, 6.45) is 0. The smallest absolute Gasteiger partial charge is 0.214 e. The van der Waals surface area contributed by atoms with Gasteiger partial charge in [-0.15, -0.1) is 22.7 Å². The minimum absolute atomic E-state index is 0.0931. The molecule has 0 bridgehead atoms. The van der Waals surface area contributed by atoms with Crippen LogP contribution in [0.3, 0.4) is 0 Å². The summed E-state index contributed by atoms with van der Waals surface area (Å²) in [5.41, 5.74) is 6.37. The van der Waals surface area contributed by atoms with Crippen LogP contribution in [0.15, 0.2) is 71.4 Å². The van der Waals surface area contributed by atoms with Gasteiger partial charge >= 0.3 is 0 Å². The van der Waals surface area contributed by atoms with Crippen LogP contribution in [0, 0.1) is 0 Å². The van der Waals surface area contributed by atoms with Gasteiger partial charge in [-0.05, 0) is 58.3 Å². The molecular formula is C25H24N2OS2. The Bertz CT molecular complexity index is 1100. The maximum Gasteiger partial charge on any atom is 0.214 e. The van der Waals surface area contributed by atoms with Crippen LogP contribution in [0.5, 0.6) is 0 Å². The third-order valence-electron chi connectivity index (χ3n) is 5.09. The lowest BCUT2D eigenvalue weighted by atomic mass is 10.00. The molecule has 0 fully saturated rings. The SMILES string of the molecule is CN(C)c1cccc(-c2ccsc2C(=O)c2sccc2-c2cccc(N(C)C)c2)c1. The fourth-order valence-electron chi connectivity index (χ4n) is 3.43. The molecule has 3 nitrogen and oxygen atoms in total. The van der Waals surface area contributed by atoms with Crippen molar-refractivity contribution in [2.75, 3.05) is 38.0 Å². The highest BCUT2D eigenvalue weighted by Crippen LogP contribution is 2.37. The first-order valence-corrected chi connectivity index (χ1v) is 11.5. The lowest BCUT2D eigenvalue weighted by Crippen LogP contribution is -2.08. The normalized spacial score (nSPS) is 10.8. The first kappa shape index (κ1) is 20.4. The summed E-state index contributed by atoms with van der Waals surface area (Å²) >= 11 is 3.02. The van der Waals surface area contributed by atoms with Gasteiger partial charge in [-0.1, -0.05) is 24.3 Å². The average molecular weight is 433 g/mol. The molecule has 0 unspecified atom stereocenters. The molecule has 0 amide bonds. The van der Waals surface area contributed by atoms with Crippen LogP contribution in [-0.4, -0.2) is 34.0 Å². The van der Waals surface area contributed by atoms with Crippen LogP contribution in [0.1, 0.15) is 14.5 Å². The van der Waals surface area contributed by atoms with Crippen molar-refractivity contribution in [3.8, 4) is 22.3 Å². The van der Waals surface area contributed by atoms with E-state index in [4.69, 9.17) is 0 Å². The Morgan fingerprint density at radius 3 is 1.50 bits per heavy atom. The highest BCUT2D eigenvalue weighted by atomic mass is 32.1. The molecule has 0 radical (unpaired) electrons. The highest BCUT2D eigenvalue weighted by molar-refractivity contribution is 7.16. The molecule has 0 atom stereocenters. The molecule has 5 heteroatoms. The van der Waals surface area contributed by atoms with E-state index >= 15 is 0 Å². The van der Waals surface area contributed by atoms with E-state index in [1.54, 1.807) is 0 Å². The van der Waals surface area contributed by atoms with Gasteiger partial charge in [0.15, 0.2) is 0 Å². The molecule has 152 valence electrons. The molecule has 0 spiro atoms. The van der Waals surface area contributed by atoms with Gasteiger partial charge in [0.05, 0.1) is 9.75 Å². The zero-order valence-electron chi connectivity index (χ0n) is 17.5. The van der Waals surface area contributed by atoms with E-state index in [0.717, 1.165) is 43.4 Å². The number of carbonyl (C=O) groups excluding carboxylic acids is 1. The van der Waals surface area contributed by atoms with Crippen LogP contribution in [0.25, 0.3) is 22.3 Å². The Labute approximate surface area is 185 Å². The molecule has 0 aliphatic carbocycles. The van der Waals surface area contributed by atoms with Crippen molar-refractivity contribution >= 4 is 39.8 Å². The molecule has 0 aliphatic rings. The van der Waals surface area contributed by atoms with Crippen LogP contribution in [-0.2, 0) is 0 Å². The van der Waals surface area contributed by atoms with E-state index in [1.807, 2.05) is 63.2 Å². The van der Waals surface area contributed by atoms with Crippen molar-refractivity contribution in [1.29, 1.82) is 0 Å². The van der Waals surface area contributed by atoms with E-state index in [9.17, 15) is 4.79 Å². The molecular weight excluding hydrogens is 408 g/mol. The molecule has 2 aromatic heterocycles. The van der Waals surface area contributed by atoms with Gasteiger partial charge in [0.25, 0.3) is 0 Å². The summed E-state index contributed by atoms with van der Waals surface area (Å²) < 4.78 is 0. The zero-order valence-corrected chi connectivity index (χ0v) is 19.2. The van der Waals surface area contributed by atoms with Gasteiger partial charge < -0.3 is 9.80 Å². The average Bonchev–Trinajstić information content (AvgIpc) is 3.43. The van der Waals surface area contributed by atoms with Crippen molar-refractivity contribution in [2.45, 2.75) is 0 Å². The second kappa shape index (κ2) is 8.46. The van der Waals surface area contributed by atoms with E-state index in [2.05, 4.69) is 46.2 Å². The number of rotatable bonds is 6. The van der Waals surface area contributed by atoms with E-state index < -0.39 is 0 Å². The summed E-state index contributed by atoms with van der Waals surface area (Å²) in [5, 5.41) is 4.01. The molecule has 0 saturated heterocycles. The number of benzene rings is 2. The topological polar surface area (TPSA) is 23.6 Å². The third-order valence-corrected chi connectivity index (χ3v) is 6.92. The van der Waals surface area contributed by atoms with Crippen LogP contribution < -0.4 is 9.80 Å². The first-order valence-electron chi connectivity index (χ1n) is 9.71. The fourth-order valence-corrected chi connectivity index (χ4v) is 5.22. The lowest BCUT2D eigenvalue weighted by Gasteiger charge is -2.14. The Kier molecular flexibility index (Phi) is 5.75. The Morgan fingerprint density at radius 2 is 1.10 bits per heavy atom. The largest absolute Gasteiger partial charge is 0.378 e. The molecule has 4 aromatic rings. The Morgan fingerprint density at radius 1 is 0.667 bits per heavy atom. The Hall–Kier alpha value is -2.89. The lowest BCUT2D eigenvalue weighted by molar-refractivity contribution is 0.104. The molecule has 30 heavy (non-hydrogen) atoms. The van der Waals surface area contributed by atoms with Crippen molar-refractivity contribution in [1.82, 2.24) is 0 Å². The minimum atomic E-state index is 0.0931. The monoisotopic (exact) mass is 432 g/mol. The number of thiophene rings is 2. The van der Waals surface area contributed by atoms with Gasteiger partial charge in [-0.2, -0.15) is 0 Å². The number of carbonyl (C=O) groups is 1. The number of anilines is 2. The highest BCUT2D eigenvalue weighted by Gasteiger charge is 2.21. The molecule has 0 aliphatic heterocycles. The second-order valence-electron chi connectivity index (χ2n) is 7.55. The summed E-state index contributed by atoms with van der Waals surface area (Å²) in [7, 11) is 8.11. The maximum atomic E-state index is 13.6.